The van der Waals surface area contributed by atoms with Crippen LogP contribution in [0.5, 0.6) is 0 Å². The number of benzene rings is 2. The molecule has 7 nitrogen and oxygen atoms in total. The van der Waals surface area contributed by atoms with Gasteiger partial charge in [-0.3, -0.25) is 19.3 Å². The number of aromatic nitrogens is 2. The predicted octanol–water partition coefficient (Wildman–Crippen LogP) is 4.46. The van der Waals surface area contributed by atoms with E-state index in [1.165, 1.54) is 29.0 Å². The second kappa shape index (κ2) is 7.24. The molecule has 0 radical (unpaired) electrons. The summed E-state index contributed by atoms with van der Waals surface area (Å²) in [6.07, 6.45) is 2.00. The SMILES string of the molecule is Cc1ccc(-c2cn3c(CC(=O)Nc4ccccc4[N+](=O)[O-])csc3n2)cc1. The number of para-hydroxylation sites is 2. The molecule has 1 N–H and O–H groups in total. The number of nitrogens with one attached hydrogen (secondary N) is 1. The zero-order valence-corrected chi connectivity index (χ0v) is 15.8. The Balaban J connectivity index is 1.56. The molecule has 0 unspecified atom stereocenters. The number of thiazole rings is 1. The first-order chi connectivity index (χ1) is 13.5. The second-order valence-corrected chi connectivity index (χ2v) is 7.21. The fourth-order valence-electron chi connectivity index (χ4n) is 2.92. The van der Waals surface area contributed by atoms with Crippen molar-refractivity contribution in [3.8, 4) is 11.3 Å². The molecule has 0 saturated heterocycles. The van der Waals surface area contributed by atoms with E-state index in [1.54, 1.807) is 12.1 Å². The number of rotatable bonds is 5. The number of nitrogens with zero attached hydrogens (tertiary/aromatic N) is 3. The van der Waals surface area contributed by atoms with Crippen LogP contribution in [0.25, 0.3) is 16.2 Å². The quantitative estimate of drug-likeness (QED) is 0.401. The number of hydrogen-bond acceptors (Lipinski definition) is 5. The summed E-state index contributed by atoms with van der Waals surface area (Å²) >= 11 is 1.45. The van der Waals surface area contributed by atoms with Crippen molar-refractivity contribution in [3.05, 3.63) is 81.5 Å². The van der Waals surface area contributed by atoms with Crippen LogP contribution in [0, 0.1) is 17.0 Å². The molecule has 0 saturated carbocycles. The molecule has 4 aromatic rings. The van der Waals surface area contributed by atoms with Gasteiger partial charge in [-0.2, -0.15) is 0 Å². The third kappa shape index (κ3) is 3.49. The molecule has 28 heavy (non-hydrogen) atoms. The molecular formula is C20H16N4O3S. The Bertz CT molecular complexity index is 1180. The number of fused-ring (bicyclic) bond motifs is 1. The third-order valence-corrected chi connectivity index (χ3v) is 5.24. The lowest BCUT2D eigenvalue weighted by molar-refractivity contribution is -0.383. The Morgan fingerprint density at radius 2 is 1.96 bits per heavy atom. The molecule has 2 aromatic carbocycles. The molecule has 0 aliphatic rings. The Morgan fingerprint density at radius 1 is 1.21 bits per heavy atom. The van der Waals surface area contributed by atoms with Crippen molar-refractivity contribution in [1.82, 2.24) is 9.38 Å². The van der Waals surface area contributed by atoms with E-state index in [0.717, 1.165) is 21.9 Å². The minimum Gasteiger partial charge on any atom is -0.320 e. The first-order valence-electron chi connectivity index (χ1n) is 8.57. The van der Waals surface area contributed by atoms with Crippen LogP contribution in [-0.2, 0) is 11.2 Å². The van der Waals surface area contributed by atoms with E-state index in [-0.39, 0.29) is 23.7 Å². The maximum Gasteiger partial charge on any atom is 0.292 e. The normalized spacial score (nSPS) is 10.9. The molecule has 0 aliphatic carbocycles. The van der Waals surface area contributed by atoms with Crippen molar-refractivity contribution in [3.63, 3.8) is 0 Å². The minimum atomic E-state index is -0.512. The molecule has 0 fully saturated rings. The summed E-state index contributed by atoms with van der Waals surface area (Å²) in [5.74, 6) is -0.320. The van der Waals surface area contributed by atoms with Gasteiger partial charge in [-0.1, -0.05) is 42.0 Å². The number of hydrogen-bond donors (Lipinski definition) is 1. The molecular weight excluding hydrogens is 376 g/mol. The van der Waals surface area contributed by atoms with Gasteiger partial charge in [-0.15, -0.1) is 11.3 Å². The molecule has 8 heteroatoms. The van der Waals surface area contributed by atoms with Gasteiger partial charge < -0.3 is 5.32 Å². The van der Waals surface area contributed by atoms with Crippen LogP contribution in [0.3, 0.4) is 0 Å². The van der Waals surface area contributed by atoms with Crippen molar-refractivity contribution in [1.29, 1.82) is 0 Å². The fourth-order valence-corrected chi connectivity index (χ4v) is 3.79. The standard InChI is InChI=1S/C20H16N4O3S/c1-13-6-8-14(9-7-13)17-11-23-15(12-28-20(23)22-17)10-19(25)21-16-4-2-3-5-18(16)24(26)27/h2-9,11-12H,10H2,1H3,(H,21,25). The van der Waals surface area contributed by atoms with Crippen molar-refractivity contribution >= 4 is 33.6 Å². The minimum absolute atomic E-state index is 0.0930. The summed E-state index contributed by atoms with van der Waals surface area (Å²) in [5, 5.41) is 15.6. The smallest absolute Gasteiger partial charge is 0.292 e. The zero-order chi connectivity index (χ0) is 19.7. The number of nitro benzene ring substituents is 1. The largest absolute Gasteiger partial charge is 0.320 e. The van der Waals surface area contributed by atoms with E-state index in [2.05, 4.69) is 10.3 Å². The second-order valence-electron chi connectivity index (χ2n) is 6.37. The topological polar surface area (TPSA) is 89.5 Å². The van der Waals surface area contributed by atoms with E-state index >= 15 is 0 Å². The van der Waals surface area contributed by atoms with Crippen LogP contribution in [0.2, 0.25) is 0 Å². The van der Waals surface area contributed by atoms with Gasteiger partial charge in [-0.05, 0) is 13.0 Å². The number of nitro groups is 1. The maximum atomic E-state index is 12.4. The highest BCUT2D eigenvalue weighted by Gasteiger charge is 2.17. The highest BCUT2D eigenvalue weighted by molar-refractivity contribution is 7.15. The van der Waals surface area contributed by atoms with E-state index in [0.29, 0.717) is 0 Å². The van der Waals surface area contributed by atoms with Crippen LogP contribution in [-0.4, -0.2) is 20.2 Å². The molecule has 2 heterocycles. The lowest BCUT2D eigenvalue weighted by atomic mass is 10.1. The fraction of sp³-hybridized carbons (Fsp3) is 0.100. The van der Waals surface area contributed by atoms with Gasteiger partial charge in [0.2, 0.25) is 5.91 Å². The van der Waals surface area contributed by atoms with Gasteiger partial charge >= 0.3 is 0 Å². The van der Waals surface area contributed by atoms with Gasteiger partial charge in [0.05, 0.1) is 17.0 Å². The van der Waals surface area contributed by atoms with Gasteiger partial charge in [0.25, 0.3) is 5.69 Å². The van der Waals surface area contributed by atoms with Crippen molar-refractivity contribution < 1.29 is 9.72 Å². The van der Waals surface area contributed by atoms with E-state index in [9.17, 15) is 14.9 Å². The molecule has 140 valence electrons. The first-order valence-corrected chi connectivity index (χ1v) is 9.45. The number of imidazole rings is 1. The number of carbonyl (C=O) groups is 1. The summed E-state index contributed by atoms with van der Waals surface area (Å²) < 4.78 is 1.89. The van der Waals surface area contributed by atoms with Crippen LogP contribution < -0.4 is 5.32 Å². The monoisotopic (exact) mass is 392 g/mol. The highest BCUT2D eigenvalue weighted by atomic mass is 32.1. The first kappa shape index (κ1) is 17.9. The number of amides is 1. The third-order valence-electron chi connectivity index (χ3n) is 4.35. The van der Waals surface area contributed by atoms with E-state index in [4.69, 9.17) is 0 Å². The lowest BCUT2D eigenvalue weighted by Crippen LogP contribution is -2.16. The Labute approximate surface area is 164 Å². The Hall–Kier alpha value is -3.52. The number of carbonyl (C=O) groups excluding carboxylic acids is 1. The average molecular weight is 392 g/mol. The van der Waals surface area contributed by atoms with Gasteiger partial charge in [0.15, 0.2) is 4.96 Å². The molecule has 0 bridgehead atoms. The van der Waals surface area contributed by atoms with Crippen LogP contribution in [0.15, 0.2) is 60.1 Å². The van der Waals surface area contributed by atoms with Gasteiger partial charge in [0, 0.05) is 28.9 Å². The van der Waals surface area contributed by atoms with Crippen molar-refractivity contribution in [2.45, 2.75) is 13.3 Å². The summed E-state index contributed by atoms with van der Waals surface area (Å²) in [5.41, 5.74) is 3.87. The van der Waals surface area contributed by atoms with Crippen LogP contribution in [0.4, 0.5) is 11.4 Å². The summed E-state index contributed by atoms with van der Waals surface area (Å²) in [4.78, 5) is 28.5. The average Bonchev–Trinajstić information content (AvgIpc) is 3.24. The van der Waals surface area contributed by atoms with Crippen LogP contribution >= 0.6 is 11.3 Å². The van der Waals surface area contributed by atoms with E-state index < -0.39 is 4.92 Å². The molecule has 0 spiro atoms. The molecule has 0 atom stereocenters. The van der Waals surface area contributed by atoms with Gasteiger partial charge in [0.1, 0.15) is 5.69 Å². The number of anilines is 1. The van der Waals surface area contributed by atoms with E-state index in [1.807, 2.05) is 47.2 Å². The molecule has 0 aliphatic heterocycles. The Morgan fingerprint density at radius 3 is 2.71 bits per heavy atom. The summed E-state index contributed by atoms with van der Waals surface area (Å²) in [6.45, 7) is 2.03. The van der Waals surface area contributed by atoms with Crippen molar-refractivity contribution in [2.24, 2.45) is 0 Å². The lowest BCUT2D eigenvalue weighted by Gasteiger charge is -2.05. The number of aryl methyl sites for hydroxylation is 1. The van der Waals surface area contributed by atoms with Crippen molar-refractivity contribution in [2.75, 3.05) is 5.32 Å². The zero-order valence-electron chi connectivity index (χ0n) is 15.0. The molecule has 2 aromatic heterocycles. The Kier molecular flexibility index (Phi) is 4.62. The predicted molar refractivity (Wildman–Crippen MR) is 109 cm³/mol. The summed E-state index contributed by atoms with van der Waals surface area (Å²) in [7, 11) is 0. The molecule has 1 amide bonds. The highest BCUT2D eigenvalue weighted by Crippen LogP contribution is 2.26. The maximum absolute atomic E-state index is 12.4. The van der Waals surface area contributed by atoms with Gasteiger partial charge in [-0.25, -0.2) is 4.98 Å². The summed E-state index contributed by atoms with van der Waals surface area (Å²) in [6, 6.07) is 14.2. The molecule has 4 rings (SSSR count). The van der Waals surface area contributed by atoms with Crippen LogP contribution in [0.1, 0.15) is 11.3 Å².